The predicted octanol–water partition coefficient (Wildman–Crippen LogP) is 4.66. The second kappa shape index (κ2) is 5.10. The number of nitrogens with zero attached hydrogens (tertiary/aromatic N) is 2. The number of hydrogen-bond acceptors (Lipinski definition) is 2. The summed E-state index contributed by atoms with van der Waals surface area (Å²) in [5.74, 6) is 0. The number of nitrogen functional groups attached to an aromatic ring is 1. The van der Waals surface area contributed by atoms with Crippen molar-refractivity contribution in [3.05, 3.63) is 71.8 Å². The van der Waals surface area contributed by atoms with Gasteiger partial charge in [-0.1, -0.05) is 29.9 Å². The van der Waals surface area contributed by atoms with Gasteiger partial charge in [-0.15, -0.1) is 0 Å². The van der Waals surface area contributed by atoms with Crippen LogP contribution in [0.1, 0.15) is 30.4 Å². The molecule has 0 bridgehead atoms. The van der Waals surface area contributed by atoms with E-state index in [0.717, 1.165) is 24.2 Å². The minimum atomic E-state index is 0.870. The van der Waals surface area contributed by atoms with Crippen LogP contribution in [0, 0.1) is 0 Å². The Morgan fingerprint density at radius 2 is 2.00 bits per heavy atom. The number of benzene rings is 2. The number of nitrogens with two attached hydrogens (primary N) is 1. The number of aromatic nitrogens is 2. The van der Waals surface area contributed by atoms with Gasteiger partial charge in [-0.2, -0.15) is 0 Å². The van der Waals surface area contributed by atoms with Crippen LogP contribution in [0.5, 0.6) is 0 Å². The van der Waals surface area contributed by atoms with E-state index in [1.807, 2.05) is 24.8 Å². The third kappa shape index (κ3) is 1.88. The summed E-state index contributed by atoms with van der Waals surface area (Å²) in [7, 11) is 0. The van der Waals surface area contributed by atoms with Gasteiger partial charge in [0, 0.05) is 28.9 Å². The Bertz CT molecular complexity index is 1010. The highest BCUT2D eigenvalue weighted by Crippen LogP contribution is 2.42. The molecule has 2 aliphatic carbocycles. The summed E-state index contributed by atoms with van der Waals surface area (Å²) >= 11 is 0. The van der Waals surface area contributed by atoms with Crippen LogP contribution < -0.4 is 5.73 Å². The van der Waals surface area contributed by atoms with Crippen LogP contribution in [-0.4, -0.2) is 9.55 Å². The van der Waals surface area contributed by atoms with Crippen molar-refractivity contribution in [2.75, 3.05) is 5.73 Å². The smallest absolute Gasteiger partial charge is 0.0991 e. The number of imidazole rings is 1. The van der Waals surface area contributed by atoms with Crippen LogP contribution in [-0.2, 0) is 6.42 Å². The van der Waals surface area contributed by atoms with Gasteiger partial charge in [0.1, 0.15) is 0 Å². The predicted molar refractivity (Wildman–Crippen MR) is 99.1 cm³/mol. The number of hydrogen-bond donors (Lipinski definition) is 1. The van der Waals surface area contributed by atoms with Gasteiger partial charge in [0.2, 0.25) is 0 Å². The molecule has 2 aromatic carbocycles. The summed E-state index contributed by atoms with van der Waals surface area (Å²) in [6, 6.07) is 8.61. The zero-order valence-electron chi connectivity index (χ0n) is 13.5. The Hall–Kier alpha value is -2.81. The maximum absolute atomic E-state index is 6.41. The number of fused-ring (bicyclic) bond motifs is 4. The van der Waals surface area contributed by atoms with Gasteiger partial charge in [0.15, 0.2) is 0 Å². The highest BCUT2D eigenvalue weighted by Gasteiger charge is 2.22. The topological polar surface area (TPSA) is 43.8 Å². The summed E-state index contributed by atoms with van der Waals surface area (Å²) in [5.41, 5.74) is 14.2. The Morgan fingerprint density at radius 3 is 2.88 bits per heavy atom. The van der Waals surface area contributed by atoms with Crippen LogP contribution >= 0.6 is 0 Å². The SMILES string of the molecule is Nc1ccc(-n2ccnc2)c2ccc3c(c12)CCC1=C3C=CCC1. The van der Waals surface area contributed by atoms with Crippen molar-refractivity contribution >= 4 is 22.0 Å². The molecular formula is C21H19N3. The van der Waals surface area contributed by atoms with E-state index in [9.17, 15) is 0 Å². The molecule has 0 saturated carbocycles. The molecule has 1 heterocycles. The minimum absolute atomic E-state index is 0.870. The molecule has 0 saturated heterocycles. The first-order valence-electron chi connectivity index (χ1n) is 8.54. The van der Waals surface area contributed by atoms with Crippen molar-refractivity contribution in [3.63, 3.8) is 0 Å². The maximum atomic E-state index is 6.41. The molecule has 0 radical (unpaired) electrons. The van der Waals surface area contributed by atoms with Crippen molar-refractivity contribution in [2.24, 2.45) is 0 Å². The quantitative estimate of drug-likeness (QED) is 0.664. The third-order valence-electron chi connectivity index (χ3n) is 5.33. The molecular weight excluding hydrogens is 294 g/mol. The van der Waals surface area contributed by atoms with Crippen molar-refractivity contribution in [3.8, 4) is 5.69 Å². The molecule has 0 atom stereocenters. The molecule has 2 N–H and O–H groups in total. The normalized spacial score (nSPS) is 16.3. The molecule has 0 amide bonds. The fourth-order valence-corrected chi connectivity index (χ4v) is 4.20. The van der Waals surface area contributed by atoms with Crippen molar-refractivity contribution in [1.82, 2.24) is 9.55 Å². The van der Waals surface area contributed by atoms with Crippen LogP contribution in [0.25, 0.3) is 22.0 Å². The first-order valence-corrected chi connectivity index (χ1v) is 8.54. The lowest BCUT2D eigenvalue weighted by molar-refractivity contribution is 0.831. The monoisotopic (exact) mass is 313 g/mol. The summed E-state index contributed by atoms with van der Waals surface area (Å²) < 4.78 is 2.06. The number of anilines is 1. The zero-order valence-corrected chi connectivity index (χ0v) is 13.5. The molecule has 0 spiro atoms. The molecule has 0 fully saturated rings. The van der Waals surface area contributed by atoms with E-state index in [0.29, 0.717) is 0 Å². The van der Waals surface area contributed by atoms with Crippen molar-refractivity contribution in [2.45, 2.75) is 25.7 Å². The number of rotatable bonds is 1. The molecule has 0 unspecified atom stereocenters. The Kier molecular flexibility index (Phi) is 2.89. The van der Waals surface area contributed by atoms with Gasteiger partial charge in [0.05, 0.1) is 12.0 Å². The van der Waals surface area contributed by atoms with Crippen LogP contribution in [0.15, 0.2) is 60.7 Å². The average Bonchev–Trinajstić information content (AvgIpc) is 3.15. The number of aryl methyl sites for hydroxylation is 1. The minimum Gasteiger partial charge on any atom is -0.398 e. The third-order valence-corrected chi connectivity index (χ3v) is 5.33. The lowest BCUT2D eigenvalue weighted by atomic mass is 9.79. The molecule has 5 rings (SSSR count). The lowest BCUT2D eigenvalue weighted by Crippen LogP contribution is -2.08. The van der Waals surface area contributed by atoms with E-state index in [1.165, 1.54) is 40.3 Å². The summed E-state index contributed by atoms with van der Waals surface area (Å²) in [5, 5.41) is 2.42. The van der Waals surface area contributed by atoms with Crippen molar-refractivity contribution in [1.29, 1.82) is 0 Å². The molecule has 0 aliphatic heterocycles. The molecule has 2 aliphatic rings. The average molecular weight is 313 g/mol. The van der Waals surface area contributed by atoms with Gasteiger partial charge >= 0.3 is 0 Å². The van der Waals surface area contributed by atoms with E-state index >= 15 is 0 Å². The second-order valence-electron chi connectivity index (χ2n) is 6.62. The fourth-order valence-electron chi connectivity index (χ4n) is 4.20. The van der Waals surface area contributed by atoms with Crippen LogP contribution in [0.3, 0.4) is 0 Å². The fraction of sp³-hybridized carbons (Fsp3) is 0.190. The van der Waals surface area contributed by atoms with E-state index < -0.39 is 0 Å². The standard InChI is InChI=1S/C21H19N3/c22-19-9-10-20(24-12-11-23-13-24)18-8-7-16-15-4-2-1-3-14(15)5-6-17(16)21(18)19/h2,4,7-13H,1,3,5-6,22H2. The number of allylic oxidation sites excluding steroid dienone is 4. The second-order valence-corrected chi connectivity index (χ2v) is 6.62. The largest absolute Gasteiger partial charge is 0.398 e. The van der Waals surface area contributed by atoms with E-state index in [1.54, 1.807) is 5.57 Å². The van der Waals surface area contributed by atoms with Gasteiger partial charge in [-0.25, -0.2) is 4.98 Å². The van der Waals surface area contributed by atoms with E-state index in [-0.39, 0.29) is 0 Å². The highest BCUT2D eigenvalue weighted by molar-refractivity contribution is 6.04. The summed E-state index contributed by atoms with van der Waals surface area (Å²) in [6.07, 6.45) is 14.8. The first kappa shape index (κ1) is 13.6. The molecule has 24 heavy (non-hydrogen) atoms. The highest BCUT2D eigenvalue weighted by atomic mass is 15.0. The Morgan fingerprint density at radius 1 is 1.04 bits per heavy atom. The van der Waals surface area contributed by atoms with Gasteiger partial charge in [-0.3, -0.25) is 0 Å². The molecule has 118 valence electrons. The lowest BCUT2D eigenvalue weighted by Gasteiger charge is -2.26. The van der Waals surface area contributed by atoms with E-state index in [4.69, 9.17) is 5.73 Å². The maximum Gasteiger partial charge on any atom is 0.0991 e. The van der Waals surface area contributed by atoms with Gasteiger partial charge in [-0.05, 0) is 54.5 Å². The van der Waals surface area contributed by atoms with E-state index in [2.05, 4.69) is 39.9 Å². The Balaban J connectivity index is 1.82. The van der Waals surface area contributed by atoms with Crippen molar-refractivity contribution < 1.29 is 0 Å². The Labute approximate surface area is 141 Å². The van der Waals surface area contributed by atoms with Gasteiger partial charge in [0.25, 0.3) is 0 Å². The first-order chi connectivity index (χ1) is 11.8. The molecule has 3 heteroatoms. The summed E-state index contributed by atoms with van der Waals surface area (Å²) in [6.45, 7) is 0. The molecule has 3 aromatic rings. The zero-order chi connectivity index (χ0) is 16.1. The summed E-state index contributed by atoms with van der Waals surface area (Å²) in [4.78, 5) is 4.18. The molecule has 3 nitrogen and oxygen atoms in total. The van der Waals surface area contributed by atoms with Crippen LogP contribution in [0.4, 0.5) is 5.69 Å². The van der Waals surface area contributed by atoms with Crippen LogP contribution in [0.2, 0.25) is 0 Å². The van der Waals surface area contributed by atoms with Gasteiger partial charge < -0.3 is 10.3 Å². The molecule has 1 aromatic heterocycles.